The molecule has 0 aliphatic carbocycles. The van der Waals surface area contributed by atoms with Crippen LogP contribution in [0.25, 0.3) is 21.8 Å². The van der Waals surface area contributed by atoms with Gasteiger partial charge >= 0.3 is 0 Å². The Labute approximate surface area is 190 Å². The summed E-state index contributed by atoms with van der Waals surface area (Å²) in [6.45, 7) is 1.86. The van der Waals surface area contributed by atoms with Crippen LogP contribution < -0.4 is 10.1 Å². The molecule has 0 fully saturated rings. The zero-order valence-corrected chi connectivity index (χ0v) is 18.4. The smallest absolute Gasteiger partial charge is 0.168 e. The van der Waals surface area contributed by atoms with Crippen LogP contribution in [0.4, 0.5) is 15.9 Å². The molecule has 0 unspecified atom stereocenters. The highest BCUT2D eigenvalue weighted by Crippen LogP contribution is 2.37. The second-order valence-corrected chi connectivity index (χ2v) is 7.93. The van der Waals surface area contributed by atoms with Crippen LogP contribution in [0.15, 0.2) is 71.9 Å². The molecule has 5 rings (SSSR count). The predicted octanol–water partition coefficient (Wildman–Crippen LogP) is 5.75. The molecule has 0 saturated carbocycles. The maximum absolute atomic E-state index is 15.1. The van der Waals surface area contributed by atoms with Gasteiger partial charge in [0.15, 0.2) is 17.7 Å². The Kier molecular flexibility index (Phi) is 5.32. The molecule has 9 heteroatoms. The molecule has 0 amide bonds. The summed E-state index contributed by atoms with van der Waals surface area (Å²) in [6.07, 6.45) is 5.95. The van der Waals surface area contributed by atoms with Crippen LogP contribution in [0.2, 0.25) is 0 Å². The number of aromatic nitrogens is 5. The van der Waals surface area contributed by atoms with Gasteiger partial charge in [0.2, 0.25) is 0 Å². The molecule has 1 N–H and O–H groups in total. The van der Waals surface area contributed by atoms with Gasteiger partial charge in [-0.2, -0.15) is 0 Å². The van der Waals surface area contributed by atoms with Gasteiger partial charge in [-0.15, -0.1) is 0 Å². The van der Waals surface area contributed by atoms with Crippen molar-refractivity contribution in [3.8, 4) is 5.75 Å². The first-order valence-electron chi connectivity index (χ1n) is 9.78. The standard InChI is InChI=1S/C23H16BrFN6O/c1-13(22-27-8-3-9-28-22)32-19-11-14(24)10-18-20(19)23(30-12-29-18)31-17-6-5-16-15(21(17)25)4-2-7-26-16/h2-13H,1H3,(H,29,30,31)/t13-/m1/s1. The van der Waals surface area contributed by atoms with Gasteiger partial charge in [-0.05, 0) is 49.4 Å². The molecule has 3 heterocycles. The van der Waals surface area contributed by atoms with Crippen LogP contribution in [0.1, 0.15) is 18.9 Å². The number of hydrogen-bond donors (Lipinski definition) is 1. The Morgan fingerprint density at radius 2 is 1.75 bits per heavy atom. The van der Waals surface area contributed by atoms with Crippen molar-refractivity contribution < 1.29 is 9.13 Å². The summed E-state index contributed by atoms with van der Waals surface area (Å²) in [4.78, 5) is 21.4. The molecular weight excluding hydrogens is 475 g/mol. The molecule has 3 aromatic heterocycles. The summed E-state index contributed by atoms with van der Waals surface area (Å²) < 4.78 is 22.1. The molecule has 0 radical (unpaired) electrons. The van der Waals surface area contributed by atoms with E-state index in [1.54, 1.807) is 48.9 Å². The van der Waals surface area contributed by atoms with Gasteiger partial charge in [0.05, 0.1) is 22.1 Å². The molecule has 0 spiro atoms. The summed E-state index contributed by atoms with van der Waals surface area (Å²) >= 11 is 3.50. The van der Waals surface area contributed by atoms with Gasteiger partial charge in [0, 0.05) is 28.4 Å². The summed E-state index contributed by atoms with van der Waals surface area (Å²) in [5, 5.41) is 4.14. The highest BCUT2D eigenvalue weighted by Gasteiger charge is 2.18. The lowest BCUT2D eigenvalue weighted by molar-refractivity contribution is 0.219. The van der Waals surface area contributed by atoms with Gasteiger partial charge in [-0.3, -0.25) is 4.98 Å². The SMILES string of the molecule is C[C@@H](Oc1cc(Br)cc2ncnc(Nc3ccc4ncccc4c3F)c12)c1ncccn1. The van der Waals surface area contributed by atoms with Crippen LogP contribution in [0.5, 0.6) is 5.75 Å². The van der Waals surface area contributed by atoms with E-state index >= 15 is 4.39 Å². The van der Waals surface area contributed by atoms with E-state index in [1.165, 1.54) is 6.33 Å². The van der Waals surface area contributed by atoms with Crippen molar-refractivity contribution in [3.63, 3.8) is 0 Å². The van der Waals surface area contributed by atoms with Crippen LogP contribution >= 0.6 is 15.9 Å². The van der Waals surface area contributed by atoms with Crippen molar-refractivity contribution in [1.82, 2.24) is 24.9 Å². The zero-order valence-electron chi connectivity index (χ0n) is 16.8. The number of nitrogens with one attached hydrogen (secondary N) is 1. The number of hydrogen-bond acceptors (Lipinski definition) is 7. The molecule has 0 saturated heterocycles. The first-order chi connectivity index (χ1) is 15.6. The molecule has 158 valence electrons. The quantitative estimate of drug-likeness (QED) is 0.335. The minimum Gasteiger partial charge on any atom is -0.482 e. The van der Waals surface area contributed by atoms with Gasteiger partial charge in [-0.25, -0.2) is 24.3 Å². The summed E-state index contributed by atoms with van der Waals surface area (Å²) in [6, 6.07) is 12.2. The number of anilines is 2. The van der Waals surface area contributed by atoms with Crippen LogP contribution in [-0.4, -0.2) is 24.9 Å². The Bertz CT molecular complexity index is 1430. The third kappa shape index (κ3) is 3.82. The Morgan fingerprint density at radius 1 is 0.938 bits per heavy atom. The van der Waals surface area contributed by atoms with Crippen LogP contribution in [0.3, 0.4) is 0 Å². The molecule has 1 atom stereocenters. The number of halogens is 2. The second-order valence-electron chi connectivity index (χ2n) is 7.01. The van der Waals surface area contributed by atoms with Crippen molar-refractivity contribution in [2.45, 2.75) is 13.0 Å². The van der Waals surface area contributed by atoms with Crippen molar-refractivity contribution in [3.05, 3.63) is 83.5 Å². The van der Waals surface area contributed by atoms with Gasteiger partial charge in [0.1, 0.15) is 17.9 Å². The number of ether oxygens (including phenoxy) is 1. The fourth-order valence-corrected chi connectivity index (χ4v) is 3.84. The summed E-state index contributed by atoms with van der Waals surface area (Å²) in [7, 11) is 0. The van der Waals surface area contributed by atoms with Crippen molar-refractivity contribution in [1.29, 1.82) is 0 Å². The van der Waals surface area contributed by atoms with E-state index < -0.39 is 11.9 Å². The number of pyridine rings is 1. The fourth-order valence-electron chi connectivity index (χ4n) is 3.41. The third-order valence-electron chi connectivity index (χ3n) is 4.89. The molecule has 32 heavy (non-hydrogen) atoms. The maximum Gasteiger partial charge on any atom is 0.168 e. The molecule has 0 aliphatic heterocycles. The Balaban J connectivity index is 1.59. The van der Waals surface area contributed by atoms with Crippen molar-refractivity contribution >= 4 is 49.2 Å². The summed E-state index contributed by atoms with van der Waals surface area (Å²) in [5.41, 5.74) is 1.49. The topological polar surface area (TPSA) is 85.7 Å². The van der Waals surface area contributed by atoms with E-state index in [1.807, 2.05) is 19.1 Å². The predicted molar refractivity (Wildman–Crippen MR) is 123 cm³/mol. The minimum absolute atomic E-state index is 0.277. The normalized spacial score (nSPS) is 12.1. The zero-order chi connectivity index (χ0) is 22.1. The van der Waals surface area contributed by atoms with E-state index in [9.17, 15) is 0 Å². The lowest BCUT2D eigenvalue weighted by atomic mass is 10.1. The number of fused-ring (bicyclic) bond motifs is 2. The van der Waals surface area contributed by atoms with E-state index in [2.05, 4.69) is 46.2 Å². The lowest BCUT2D eigenvalue weighted by Gasteiger charge is -2.17. The molecule has 0 aliphatic rings. The first-order valence-corrected chi connectivity index (χ1v) is 10.6. The summed E-state index contributed by atoms with van der Waals surface area (Å²) in [5.74, 6) is 1.06. The molecular formula is C23H16BrFN6O. The van der Waals surface area contributed by atoms with E-state index in [0.717, 1.165) is 4.47 Å². The first kappa shape index (κ1) is 20.2. The molecule has 0 bridgehead atoms. The fraction of sp³-hybridized carbons (Fsp3) is 0.0870. The van der Waals surface area contributed by atoms with Gasteiger partial charge < -0.3 is 10.1 Å². The highest BCUT2D eigenvalue weighted by atomic mass is 79.9. The lowest BCUT2D eigenvalue weighted by Crippen LogP contribution is -2.08. The second kappa shape index (κ2) is 8.43. The van der Waals surface area contributed by atoms with Gasteiger partial charge in [0.25, 0.3) is 0 Å². The number of nitrogens with zero attached hydrogens (tertiary/aromatic N) is 5. The molecule has 7 nitrogen and oxygen atoms in total. The largest absolute Gasteiger partial charge is 0.482 e. The van der Waals surface area contributed by atoms with E-state index in [0.29, 0.717) is 39.2 Å². The molecule has 5 aromatic rings. The minimum atomic E-state index is -0.426. The highest BCUT2D eigenvalue weighted by molar-refractivity contribution is 9.10. The van der Waals surface area contributed by atoms with Crippen LogP contribution in [-0.2, 0) is 0 Å². The Morgan fingerprint density at radius 3 is 2.59 bits per heavy atom. The van der Waals surface area contributed by atoms with E-state index in [4.69, 9.17) is 4.74 Å². The van der Waals surface area contributed by atoms with E-state index in [-0.39, 0.29) is 5.69 Å². The van der Waals surface area contributed by atoms with Crippen molar-refractivity contribution in [2.24, 2.45) is 0 Å². The molecule has 2 aromatic carbocycles. The maximum atomic E-state index is 15.1. The van der Waals surface area contributed by atoms with Crippen molar-refractivity contribution in [2.75, 3.05) is 5.32 Å². The monoisotopic (exact) mass is 490 g/mol. The average molecular weight is 491 g/mol. The number of benzene rings is 2. The van der Waals surface area contributed by atoms with Gasteiger partial charge in [-0.1, -0.05) is 15.9 Å². The average Bonchev–Trinajstić information content (AvgIpc) is 2.81. The number of rotatable bonds is 5. The van der Waals surface area contributed by atoms with Crippen LogP contribution in [0, 0.1) is 5.82 Å². The Hall–Kier alpha value is -3.72. The third-order valence-corrected chi connectivity index (χ3v) is 5.35.